The van der Waals surface area contributed by atoms with Gasteiger partial charge in [-0.1, -0.05) is 30.3 Å². The minimum Gasteiger partial charge on any atom is -0.444 e. The first-order valence-corrected chi connectivity index (χ1v) is 9.95. The van der Waals surface area contributed by atoms with Gasteiger partial charge in [0, 0.05) is 5.75 Å². The highest BCUT2D eigenvalue weighted by Gasteiger charge is 2.19. The van der Waals surface area contributed by atoms with E-state index in [-0.39, 0.29) is 22.5 Å². The number of anilines is 2. The van der Waals surface area contributed by atoms with Crippen molar-refractivity contribution in [2.24, 2.45) is 0 Å². The molecule has 2 N–H and O–H groups in total. The second kappa shape index (κ2) is 9.59. The van der Waals surface area contributed by atoms with Gasteiger partial charge in [-0.05, 0) is 51.5 Å². The minimum absolute atomic E-state index is 0.183. The van der Waals surface area contributed by atoms with E-state index in [2.05, 4.69) is 10.6 Å². The van der Waals surface area contributed by atoms with Crippen LogP contribution in [0.2, 0.25) is 0 Å². The van der Waals surface area contributed by atoms with Crippen LogP contribution in [0, 0.1) is 5.82 Å². The first-order chi connectivity index (χ1) is 13.1. The van der Waals surface area contributed by atoms with Crippen molar-refractivity contribution in [1.29, 1.82) is 0 Å². The summed E-state index contributed by atoms with van der Waals surface area (Å²) in [6, 6.07) is 13.6. The van der Waals surface area contributed by atoms with Gasteiger partial charge in [0.05, 0.1) is 16.6 Å². The molecule has 150 valence electrons. The SMILES string of the molecule is CC(SCc1ccccc1)C(=O)Nc1cc(F)ccc1NC(=O)OC(C)(C)C. The molecule has 28 heavy (non-hydrogen) atoms. The number of amides is 2. The van der Waals surface area contributed by atoms with E-state index in [9.17, 15) is 14.0 Å². The van der Waals surface area contributed by atoms with Crippen LogP contribution in [-0.4, -0.2) is 22.9 Å². The number of halogens is 1. The van der Waals surface area contributed by atoms with Gasteiger partial charge in [-0.2, -0.15) is 0 Å². The van der Waals surface area contributed by atoms with Crippen molar-refractivity contribution in [3.63, 3.8) is 0 Å². The lowest BCUT2D eigenvalue weighted by Crippen LogP contribution is -2.28. The normalized spacial score (nSPS) is 12.2. The zero-order valence-corrected chi connectivity index (χ0v) is 17.2. The van der Waals surface area contributed by atoms with Crippen LogP contribution in [0.3, 0.4) is 0 Å². The Morgan fingerprint density at radius 3 is 2.39 bits per heavy atom. The molecular weight excluding hydrogens is 379 g/mol. The molecule has 0 aliphatic rings. The number of thioether (sulfide) groups is 1. The standard InChI is InChI=1S/C21H25FN2O3S/c1-14(28-13-15-8-6-5-7-9-15)19(25)23-18-12-16(22)10-11-17(18)24-20(26)27-21(2,3)4/h5-12,14H,13H2,1-4H3,(H,23,25)(H,24,26). The molecule has 0 heterocycles. The Morgan fingerprint density at radius 1 is 1.07 bits per heavy atom. The Kier molecular flexibility index (Phi) is 7.45. The topological polar surface area (TPSA) is 67.4 Å². The predicted molar refractivity (Wildman–Crippen MR) is 112 cm³/mol. The fraction of sp³-hybridized carbons (Fsp3) is 0.333. The molecule has 0 saturated carbocycles. The molecule has 7 heteroatoms. The van der Waals surface area contributed by atoms with Gasteiger partial charge in [0.25, 0.3) is 0 Å². The zero-order valence-electron chi connectivity index (χ0n) is 16.4. The van der Waals surface area contributed by atoms with Gasteiger partial charge >= 0.3 is 6.09 Å². The lowest BCUT2D eigenvalue weighted by atomic mass is 10.2. The maximum absolute atomic E-state index is 13.7. The summed E-state index contributed by atoms with van der Waals surface area (Å²) >= 11 is 1.47. The Morgan fingerprint density at radius 2 is 1.75 bits per heavy atom. The fourth-order valence-corrected chi connectivity index (χ4v) is 3.09. The molecule has 0 spiro atoms. The van der Waals surface area contributed by atoms with Crippen LogP contribution in [0.5, 0.6) is 0 Å². The number of carbonyl (C=O) groups excluding carboxylic acids is 2. The molecule has 0 saturated heterocycles. The summed E-state index contributed by atoms with van der Waals surface area (Å²) in [6.45, 7) is 7.01. The average molecular weight is 405 g/mol. The first-order valence-electron chi connectivity index (χ1n) is 8.90. The van der Waals surface area contributed by atoms with Crippen LogP contribution in [0.25, 0.3) is 0 Å². The highest BCUT2D eigenvalue weighted by molar-refractivity contribution is 7.99. The maximum atomic E-state index is 13.7. The third kappa shape index (κ3) is 7.23. The van der Waals surface area contributed by atoms with Gasteiger partial charge < -0.3 is 10.1 Å². The molecule has 2 amide bonds. The second-order valence-electron chi connectivity index (χ2n) is 7.24. The second-order valence-corrected chi connectivity index (χ2v) is 8.57. The van der Waals surface area contributed by atoms with E-state index in [4.69, 9.17) is 4.74 Å². The van der Waals surface area contributed by atoms with E-state index in [0.29, 0.717) is 5.75 Å². The number of benzene rings is 2. The van der Waals surface area contributed by atoms with Gasteiger partial charge in [-0.15, -0.1) is 11.8 Å². The summed E-state index contributed by atoms with van der Waals surface area (Å²) in [5.74, 6) is -0.116. The van der Waals surface area contributed by atoms with Gasteiger partial charge in [-0.3, -0.25) is 10.1 Å². The molecule has 0 bridgehead atoms. The van der Waals surface area contributed by atoms with E-state index >= 15 is 0 Å². The summed E-state index contributed by atoms with van der Waals surface area (Å²) in [7, 11) is 0. The van der Waals surface area contributed by atoms with Crippen LogP contribution in [-0.2, 0) is 15.3 Å². The Bertz CT molecular complexity index is 822. The van der Waals surface area contributed by atoms with Gasteiger partial charge in [0.2, 0.25) is 5.91 Å². The third-order valence-corrected chi connectivity index (χ3v) is 4.80. The number of hydrogen-bond acceptors (Lipinski definition) is 4. The molecule has 2 rings (SSSR count). The molecule has 0 radical (unpaired) electrons. The molecule has 0 aliphatic heterocycles. The molecular formula is C21H25FN2O3S. The molecule has 1 unspecified atom stereocenters. The Labute approximate surface area is 169 Å². The van der Waals surface area contributed by atoms with Crippen LogP contribution in [0.4, 0.5) is 20.6 Å². The quantitative estimate of drug-likeness (QED) is 0.673. The largest absolute Gasteiger partial charge is 0.444 e. The van der Waals surface area contributed by atoms with Crippen molar-refractivity contribution in [1.82, 2.24) is 0 Å². The van der Waals surface area contributed by atoms with Crippen molar-refractivity contribution in [3.05, 3.63) is 59.9 Å². The summed E-state index contributed by atoms with van der Waals surface area (Å²) in [6.07, 6.45) is -0.680. The van der Waals surface area contributed by atoms with E-state index in [1.807, 2.05) is 30.3 Å². The zero-order chi connectivity index (χ0) is 20.7. The van der Waals surface area contributed by atoms with Crippen LogP contribution in [0.15, 0.2) is 48.5 Å². The predicted octanol–water partition coefficient (Wildman–Crippen LogP) is 5.43. The van der Waals surface area contributed by atoms with E-state index in [0.717, 1.165) is 5.56 Å². The van der Waals surface area contributed by atoms with Crippen LogP contribution >= 0.6 is 11.8 Å². The lowest BCUT2D eigenvalue weighted by molar-refractivity contribution is -0.115. The summed E-state index contributed by atoms with van der Waals surface area (Å²) < 4.78 is 18.9. The van der Waals surface area contributed by atoms with E-state index in [1.165, 1.54) is 30.0 Å². The van der Waals surface area contributed by atoms with E-state index < -0.39 is 17.5 Å². The molecule has 0 fully saturated rings. The van der Waals surface area contributed by atoms with Gasteiger partial charge in [-0.25, -0.2) is 9.18 Å². The Hall–Kier alpha value is -2.54. The molecule has 2 aromatic rings. The number of carbonyl (C=O) groups is 2. The highest BCUT2D eigenvalue weighted by atomic mass is 32.2. The van der Waals surface area contributed by atoms with Gasteiger partial charge in [0.1, 0.15) is 11.4 Å². The van der Waals surface area contributed by atoms with Crippen molar-refractivity contribution >= 4 is 35.1 Å². The lowest BCUT2D eigenvalue weighted by Gasteiger charge is -2.21. The highest BCUT2D eigenvalue weighted by Crippen LogP contribution is 2.26. The number of hydrogen-bond donors (Lipinski definition) is 2. The molecule has 5 nitrogen and oxygen atoms in total. The molecule has 0 aliphatic carbocycles. The van der Waals surface area contributed by atoms with Crippen molar-refractivity contribution in [2.45, 2.75) is 44.3 Å². The number of rotatable bonds is 6. The minimum atomic E-state index is -0.680. The van der Waals surface area contributed by atoms with Crippen LogP contribution in [0.1, 0.15) is 33.3 Å². The molecule has 0 aromatic heterocycles. The summed E-state index contributed by atoms with van der Waals surface area (Å²) in [5.41, 5.74) is 0.897. The molecule has 1 atom stereocenters. The van der Waals surface area contributed by atoms with Crippen LogP contribution < -0.4 is 10.6 Å². The number of ether oxygens (including phenoxy) is 1. The van der Waals surface area contributed by atoms with Crippen molar-refractivity contribution < 1.29 is 18.7 Å². The van der Waals surface area contributed by atoms with E-state index in [1.54, 1.807) is 27.7 Å². The Balaban J connectivity index is 2.02. The first kappa shape index (κ1) is 21.8. The monoisotopic (exact) mass is 404 g/mol. The maximum Gasteiger partial charge on any atom is 0.412 e. The van der Waals surface area contributed by atoms with Gasteiger partial charge in [0.15, 0.2) is 0 Å². The average Bonchev–Trinajstić information content (AvgIpc) is 2.61. The fourth-order valence-electron chi connectivity index (χ4n) is 2.25. The van der Waals surface area contributed by atoms with Crippen molar-refractivity contribution in [3.8, 4) is 0 Å². The third-order valence-electron chi connectivity index (χ3n) is 3.59. The van der Waals surface area contributed by atoms with Crippen molar-refractivity contribution in [2.75, 3.05) is 10.6 Å². The number of nitrogens with one attached hydrogen (secondary N) is 2. The summed E-state index contributed by atoms with van der Waals surface area (Å²) in [4.78, 5) is 24.5. The summed E-state index contributed by atoms with van der Waals surface area (Å²) in [5, 5.41) is 4.87. The smallest absolute Gasteiger partial charge is 0.412 e. The molecule has 2 aromatic carbocycles.